The molecular formula is C64H50BN2P. The zero-order chi connectivity index (χ0) is 46.0. The number of aromatic nitrogens is 1. The second-order valence-electron chi connectivity index (χ2n) is 21.5. The fourth-order valence-corrected chi connectivity index (χ4v) is 12.8. The van der Waals surface area contributed by atoms with Crippen LogP contribution in [0.4, 0.5) is 17.1 Å². The maximum absolute atomic E-state index is 3.20. The van der Waals surface area contributed by atoms with Gasteiger partial charge in [-0.1, -0.05) is 187 Å². The van der Waals surface area contributed by atoms with E-state index in [9.17, 15) is 0 Å². The van der Waals surface area contributed by atoms with Crippen LogP contribution in [0.5, 0.6) is 0 Å². The van der Waals surface area contributed by atoms with Gasteiger partial charge in [-0.05, 0) is 145 Å². The summed E-state index contributed by atoms with van der Waals surface area (Å²) >= 11 is 0. The first kappa shape index (κ1) is 39.9. The first-order chi connectivity index (χ1) is 32.9. The molecule has 2 aliphatic heterocycles. The number of hydrogen-bond donors (Lipinski definition) is 0. The van der Waals surface area contributed by atoms with Gasteiger partial charge in [0.05, 0.1) is 0 Å². The van der Waals surface area contributed by atoms with Crippen LogP contribution in [0.3, 0.4) is 0 Å². The van der Waals surface area contributed by atoms with Crippen molar-refractivity contribution in [2.75, 3.05) is 4.90 Å². The number of anilines is 3. The van der Waals surface area contributed by atoms with E-state index in [2.05, 4.69) is 242 Å². The molecule has 0 N–H and O–H groups in total. The minimum absolute atomic E-state index is 0.0709. The number of hydrogen-bond acceptors (Lipinski definition) is 1. The molecule has 324 valence electrons. The van der Waals surface area contributed by atoms with E-state index in [-0.39, 0.29) is 17.7 Å². The lowest BCUT2D eigenvalue weighted by Crippen LogP contribution is -2.56. The first-order valence-electron chi connectivity index (χ1n) is 24.2. The van der Waals surface area contributed by atoms with Crippen LogP contribution in [-0.4, -0.2) is 11.3 Å². The fourth-order valence-electron chi connectivity index (χ4n) is 12.3. The van der Waals surface area contributed by atoms with Gasteiger partial charge in [-0.15, -0.1) is 9.24 Å². The summed E-state index contributed by atoms with van der Waals surface area (Å²) in [7, 11) is 3.20. The van der Waals surface area contributed by atoms with Gasteiger partial charge in [0, 0.05) is 44.4 Å². The molecule has 12 aromatic rings. The molecule has 0 spiro atoms. The van der Waals surface area contributed by atoms with Crippen molar-refractivity contribution >= 4 is 125 Å². The third-order valence-electron chi connectivity index (χ3n) is 15.5. The van der Waals surface area contributed by atoms with Gasteiger partial charge in [0.25, 0.3) is 0 Å². The highest BCUT2D eigenvalue weighted by atomic mass is 31.0. The van der Waals surface area contributed by atoms with E-state index in [4.69, 9.17) is 0 Å². The molecule has 14 rings (SSSR count). The second kappa shape index (κ2) is 13.9. The van der Waals surface area contributed by atoms with Crippen LogP contribution in [0.2, 0.25) is 0 Å². The summed E-state index contributed by atoms with van der Waals surface area (Å²) < 4.78 is 2.76. The van der Waals surface area contributed by atoms with E-state index in [0.717, 1.165) is 0 Å². The van der Waals surface area contributed by atoms with E-state index in [1.54, 1.807) is 0 Å². The molecule has 0 bridgehead atoms. The molecular weight excluding hydrogens is 839 g/mol. The maximum Gasteiger partial charge on any atom is 0.333 e. The third kappa shape index (κ3) is 5.46. The lowest BCUT2D eigenvalue weighted by molar-refractivity contribution is 0.569. The quantitative estimate of drug-likeness (QED) is 0.0954. The van der Waals surface area contributed by atoms with Crippen molar-refractivity contribution in [2.45, 2.75) is 52.4 Å². The summed E-state index contributed by atoms with van der Waals surface area (Å²) in [6.07, 6.45) is 0. The summed E-state index contributed by atoms with van der Waals surface area (Å²) in [6, 6.07) is 69.7. The summed E-state index contributed by atoms with van der Waals surface area (Å²) in [5.41, 5.74) is 16.6. The molecule has 68 heavy (non-hydrogen) atoms. The molecule has 1 aromatic heterocycles. The van der Waals surface area contributed by atoms with Crippen molar-refractivity contribution in [3.63, 3.8) is 0 Å². The van der Waals surface area contributed by atoms with E-state index in [1.807, 2.05) is 0 Å². The molecule has 2 nitrogen and oxygen atoms in total. The Kier molecular flexibility index (Phi) is 8.19. The van der Waals surface area contributed by atoms with Crippen LogP contribution in [0.25, 0.3) is 97.9 Å². The Morgan fingerprint density at radius 1 is 0.441 bits per heavy atom. The largest absolute Gasteiger partial charge is 0.375 e. The third-order valence-corrected chi connectivity index (χ3v) is 16.1. The average Bonchev–Trinajstić information content (AvgIpc) is 3.70. The monoisotopic (exact) mass is 888 g/mol. The van der Waals surface area contributed by atoms with Crippen LogP contribution < -0.4 is 21.1 Å². The summed E-state index contributed by atoms with van der Waals surface area (Å²) in [5, 5.41) is 16.6. The van der Waals surface area contributed by atoms with Crippen molar-refractivity contribution < 1.29 is 0 Å². The molecule has 0 saturated carbocycles. The van der Waals surface area contributed by atoms with Gasteiger partial charge >= 0.3 is 6.85 Å². The number of benzene rings is 11. The Balaban J connectivity index is 1.24. The average molecular weight is 889 g/mol. The number of rotatable bonds is 2. The maximum atomic E-state index is 3.20. The van der Waals surface area contributed by atoms with Gasteiger partial charge in [-0.2, -0.15) is 0 Å². The Morgan fingerprint density at radius 2 is 1.03 bits per heavy atom. The zero-order valence-electron chi connectivity index (χ0n) is 39.4. The Morgan fingerprint density at radius 3 is 1.72 bits per heavy atom. The highest BCUT2D eigenvalue weighted by molar-refractivity contribution is 7.29. The molecule has 4 heteroatoms. The fraction of sp³-hybridized carbons (Fsp3) is 0.125. The highest BCUT2D eigenvalue weighted by Crippen LogP contribution is 2.52. The molecule has 2 aliphatic rings. The van der Waals surface area contributed by atoms with Crippen molar-refractivity contribution in [2.24, 2.45) is 0 Å². The van der Waals surface area contributed by atoms with Gasteiger partial charge in [-0.3, -0.25) is 0 Å². The smallest absolute Gasteiger partial charge is 0.333 e. The van der Waals surface area contributed by atoms with Crippen molar-refractivity contribution in [3.8, 4) is 22.3 Å². The van der Waals surface area contributed by atoms with Crippen LogP contribution in [0, 0.1) is 0 Å². The Hall–Kier alpha value is -7.19. The lowest BCUT2D eigenvalue weighted by atomic mass is 9.44. The minimum Gasteiger partial charge on any atom is -0.375 e. The lowest BCUT2D eigenvalue weighted by Gasteiger charge is -2.42. The molecule has 0 amide bonds. The predicted octanol–water partition coefficient (Wildman–Crippen LogP) is 15.7. The van der Waals surface area contributed by atoms with Crippen molar-refractivity contribution in [1.29, 1.82) is 0 Å². The molecule has 1 atom stereocenters. The van der Waals surface area contributed by atoms with Gasteiger partial charge in [-0.25, -0.2) is 0 Å². The summed E-state index contributed by atoms with van der Waals surface area (Å²) in [6.45, 7) is 14.0. The van der Waals surface area contributed by atoms with Gasteiger partial charge in [0.15, 0.2) is 0 Å². The zero-order valence-corrected chi connectivity index (χ0v) is 40.5. The minimum atomic E-state index is -0.133. The van der Waals surface area contributed by atoms with E-state index >= 15 is 0 Å². The standard InChI is InChI=1S/C64H50BN2P/c1-63(2,3)41-32-42(64(4,5)6)34-43(33-41)66-54-36-50-49(56(38-19-8-7-9-20-38)47-26-16-17-27-48(47)62(50)68)35-52(54)65-60-55(66)31-40-22-12-14-24-45(40)57(60)51-30-39-21-11-15-25-46(39)59-58-44-23-13-10-18-37(44)28-29-53(58)67(65)61(51)59/h7-36H,68H2,1-6H3. The summed E-state index contributed by atoms with van der Waals surface area (Å²) in [4.78, 5) is 2.66. The molecule has 0 saturated heterocycles. The van der Waals surface area contributed by atoms with Crippen LogP contribution >= 0.6 is 9.24 Å². The van der Waals surface area contributed by atoms with E-state index in [1.165, 1.54) is 142 Å². The van der Waals surface area contributed by atoms with Crippen molar-refractivity contribution in [1.82, 2.24) is 4.48 Å². The number of nitrogens with zero attached hydrogens (tertiary/aromatic N) is 2. The molecule has 1 unspecified atom stereocenters. The summed E-state index contributed by atoms with van der Waals surface area (Å²) in [5.74, 6) is 0. The highest BCUT2D eigenvalue weighted by Gasteiger charge is 2.45. The normalized spacial score (nSPS) is 13.5. The van der Waals surface area contributed by atoms with Crippen LogP contribution in [0.1, 0.15) is 52.7 Å². The molecule has 3 heterocycles. The van der Waals surface area contributed by atoms with Crippen LogP contribution in [0.15, 0.2) is 182 Å². The molecule has 11 aromatic carbocycles. The topological polar surface area (TPSA) is 8.17 Å². The number of fused-ring (bicyclic) bond motifs is 15. The second-order valence-corrected chi connectivity index (χ2v) is 22.1. The van der Waals surface area contributed by atoms with E-state index in [0.29, 0.717) is 0 Å². The SMILES string of the molecule is CC(C)(C)c1cc(N2c3cc4c(P)c5ccccc5c(-c5ccccc5)c4cc3B3c4c2cc2ccccc2c4-c2cc4ccccc4c4c5c6ccccc6ccc5n3c24)cc(C(C)(C)C)c1. The van der Waals surface area contributed by atoms with Gasteiger partial charge in [0.2, 0.25) is 0 Å². The molecule has 0 aliphatic carbocycles. The predicted molar refractivity (Wildman–Crippen MR) is 300 cm³/mol. The molecule has 0 radical (unpaired) electrons. The van der Waals surface area contributed by atoms with Gasteiger partial charge < -0.3 is 9.38 Å². The first-order valence-corrected chi connectivity index (χ1v) is 24.7. The Labute approximate surface area is 400 Å². The van der Waals surface area contributed by atoms with Crippen LogP contribution in [-0.2, 0) is 10.8 Å². The van der Waals surface area contributed by atoms with E-state index < -0.39 is 0 Å². The van der Waals surface area contributed by atoms with Gasteiger partial charge in [0.1, 0.15) is 0 Å². The van der Waals surface area contributed by atoms with Crippen molar-refractivity contribution in [3.05, 3.63) is 193 Å². The molecule has 0 fully saturated rings. The Bertz CT molecular complexity index is 4150.